The van der Waals surface area contributed by atoms with E-state index >= 15 is 0 Å². The Kier molecular flexibility index (Phi) is 4.34. The van der Waals surface area contributed by atoms with Crippen molar-refractivity contribution < 1.29 is 8.42 Å². The lowest BCUT2D eigenvalue weighted by Gasteiger charge is -2.14. The number of pyridine rings is 1. The highest BCUT2D eigenvalue weighted by molar-refractivity contribution is 9.10. The summed E-state index contributed by atoms with van der Waals surface area (Å²) in [6.45, 7) is 1.80. The molecule has 1 heterocycles. The van der Waals surface area contributed by atoms with Crippen LogP contribution in [0.4, 0.5) is 0 Å². The first-order valence-corrected chi connectivity index (χ1v) is 7.23. The van der Waals surface area contributed by atoms with Gasteiger partial charge in [0.2, 0.25) is 10.0 Å². The number of hydrogen-bond donors (Lipinski definition) is 0. The van der Waals surface area contributed by atoms with Crippen molar-refractivity contribution in [3.05, 3.63) is 26.9 Å². The SMILES string of the molecule is Cc1c(Br)cnc(Cl)c1CS(=O)(=O)N(C)C. The Morgan fingerprint density at radius 3 is 2.56 bits per heavy atom. The van der Waals surface area contributed by atoms with Crippen molar-refractivity contribution in [2.24, 2.45) is 0 Å². The molecular formula is C9H12BrClN2O2S. The summed E-state index contributed by atoms with van der Waals surface area (Å²) in [5.41, 5.74) is 1.33. The van der Waals surface area contributed by atoms with Crippen molar-refractivity contribution in [3.63, 3.8) is 0 Å². The Bertz CT molecular complexity index is 502. The van der Waals surface area contributed by atoms with Gasteiger partial charge in [0.15, 0.2) is 0 Å². The maximum atomic E-state index is 11.7. The first-order chi connectivity index (χ1) is 7.25. The highest BCUT2D eigenvalue weighted by Gasteiger charge is 2.19. The molecule has 90 valence electrons. The molecule has 0 unspecified atom stereocenters. The molecule has 7 heteroatoms. The van der Waals surface area contributed by atoms with Crippen LogP contribution < -0.4 is 0 Å². The van der Waals surface area contributed by atoms with Crippen LogP contribution in [-0.2, 0) is 15.8 Å². The van der Waals surface area contributed by atoms with Gasteiger partial charge in [0.05, 0.1) is 5.75 Å². The standard InChI is InChI=1S/C9H12BrClN2O2S/c1-6-7(5-16(14,15)13(2)3)9(11)12-4-8(6)10/h4H,5H2,1-3H3. The van der Waals surface area contributed by atoms with Gasteiger partial charge in [0.25, 0.3) is 0 Å². The van der Waals surface area contributed by atoms with Crippen LogP contribution in [-0.4, -0.2) is 31.8 Å². The fourth-order valence-electron chi connectivity index (χ4n) is 1.07. The fraction of sp³-hybridized carbons (Fsp3) is 0.444. The monoisotopic (exact) mass is 326 g/mol. The lowest BCUT2D eigenvalue weighted by Crippen LogP contribution is -2.24. The molecule has 0 aliphatic heterocycles. The predicted octanol–water partition coefficient (Wildman–Crippen LogP) is 2.20. The van der Waals surface area contributed by atoms with E-state index < -0.39 is 10.0 Å². The van der Waals surface area contributed by atoms with E-state index in [1.54, 1.807) is 13.1 Å². The summed E-state index contributed by atoms with van der Waals surface area (Å²) in [6, 6.07) is 0. The Hall–Kier alpha value is -0.170. The van der Waals surface area contributed by atoms with Gasteiger partial charge in [0.1, 0.15) is 5.15 Å². The Balaban J connectivity index is 3.21. The van der Waals surface area contributed by atoms with E-state index in [1.807, 2.05) is 0 Å². The van der Waals surface area contributed by atoms with E-state index in [-0.39, 0.29) is 10.9 Å². The molecule has 0 aliphatic carbocycles. The molecule has 0 saturated heterocycles. The predicted molar refractivity (Wildman–Crippen MR) is 68.0 cm³/mol. The molecule has 1 aromatic heterocycles. The number of rotatable bonds is 3. The second-order valence-corrected chi connectivity index (χ2v) is 6.93. The summed E-state index contributed by atoms with van der Waals surface area (Å²) in [5, 5.41) is 0.228. The minimum Gasteiger partial charge on any atom is -0.243 e. The molecule has 0 aliphatic rings. The smallest absolute Gasteiger partial charge is 0.217 e. The average molecular weight is 328 g/mol. The quantitative estimate of drug-likeness (QED) is 0.800. The Morgan fingerprint density at radius 2 is 2.06 bits per heavy atom. The van der Waals surface area contributed by atoms with E-state index in [0.29, 0.717) is 5.56 Å². The van der Waals surface area contributed by atoms with Crippen LogP contribution in [0.3, 0.4) is 0 Å². The van der Waals surface area contributed by atoms with E-state index in [2.05, 4.69) is 20.9 Å². The van der Waals surface area contributed by atoms with Gasteiger partial charge < -0.3 is 0 Å². The molecule has 16 heavy (non-hydrogen) atoms. The van der Waals surface area contributed by atoms with E-state index in [9.17, 15) is 8.42 Å². The van der Waals surface area contributed by atoms with Gasteiger partial charge in [-0.05, 0) is 28.4 Å². The summed E-state index contributed by atoms with van der Waals surface area (Å²) >= 11 is 9.19. The molecule has 0 atom stereocenters. The van der Waals surface area contributed by atoms with Crippen LogP contribution in [0.2, 0.25) is 5.15 Å². The molecule has 0 amide bonds. The molecule has 0 radical (unpaired) electrons. The van der Waals surface area contributed by atoms with Crippen LogP contribution in [0.1, 0.15) is 11.1 Å². The second-order valence-electron chi connectivity index (χ2n) is 3.54. The number of hydrogen-bond acceptors (Lipinski definition) is 3. The summed E-state index contributed by atoms with van der Waals surface area (Å²) in [4.78, 5) is 3.92. The van der Waals surface area contributed by atoms with Gasteiger partial charge in [-0.2, -0.15) is 0 Å². The number of halogens is 2. The van der Waals surface area contributed by atoms with Crippen LogP contribution in [0.25, 0.3) is 0 Å². The third-order valence-corrected chi connectivity index (χ3v) is 5.13. The van der Waals surface area contributed by atoms with Crippen molar-refractivity contribution in [1.82, 2.24) is 9.29 Å². The van der Waals surface area contributed by atoms with Crippen LogP contribution in [0, 0.1) is 6.92 Å². The maximum absolute atomic E-state index is 11.7. The van der Waals surface area contributed by atoms with Gasteiger partial charge in [-0.1, -0.05) is 11.6 Å². The number of sulfonamides is 1. The molecule has 0 fully saturated rings. The molecule has 4 nitrogen and oxygen atoms in total. The minimum absolute atomic E-state index is 0.142. The van der Waals surface area contributed by atoms with E-state index in [4.69, 9.17) is 11.6 Å². The topological polar surface area (TPSA) is 50.3 Å². The normalized spacial score (nSPS) is 12.1. The summed E-state index contributed by atoms with van der Waals surface area (Å²) in [5.74, 6) is -0.142. The molecular weight excluding hydrogens is 316 g/mol. The van der Waals surface area contributed by atoms with E-state index in [1.165, 1.54) is 18.4 Å². The largest absolute Gasteiger partial charge is 0.243 e. The Labute approximate surface area is 109 Å². The van der Waals surface area contributed by atoms with Crippen LogP contribution in [0.5, 0.6) is 0 Å². The van der Waals surface area contributed by atoms with Gasteiger partial charge in [0, 0.05) is 30.3 Å². The van der Waals surface area contributed by atoms with Gasteiger partial charge in [-0.25, -0.2) is 17.7 Å². The first kappa shape index (κ1) is 13.9. The molecule has 0 N–H and O–H groups in total. The van der Waals surface area contributed by atoms with E-state index in [0.717, 1.165) is 10.0 Å². The Morgan fingerprint density at radius 1 is 1.50 bits per heavy atom. The zero-order valence-corrected chi connectivity index (χ0v) is 12.3. The van der Waals surface area contributed by atoms with Crippen molar-refractivity contribution in [3.8, 4) is 0 Å². The van der Waals surface area contributed by atoms with Crippen molar-refractivity contribution >= 4 is 37.6 Å². The lowest BCUT2D eigenvalue weighted by molar-refractivity contribution is 0.519. The number of nitrogens with zero attached hydrogens (tertiary/aromatic N) is 2. The lowest BCUT2D eigenvalue weighted by atomic mass is 10.2. The third kappa shape index (κ3) is 2.94. The van der Waals surface area contributed by atoms with Crippen LogP contribution in [0.15, 0.2) is 10.7 Å². The van der Waals surface area contributed by atoms with Crippen molar-refractivity contribution in [2.45, 2.75) is 12.7 Å². The summed E-state index contributed by atoms with van der Waals surface area (Å²) in [6.07, 6.45) is 1.56. The second kappa shape index (κ2) is 5.00. The highest BCUT2D eigenvalue weighted by Crippen LogP contribution is 2.26. The molecule has 0 spiro atoms. The molecule has 0 saturated carbocycles. The molecule has 1 aromatic rings. The van der Waals surface area contributed by atoms with Crippen LogP contribution >= 0.6 is 27.5 Å². The number of aromatic nitrogens is 1. The van der Waals surface area contributed by atoms with Gasteiger partial charge in [-0.3, -0.25) is 0 Å². The fourth-order valence-corrected chi connectivity index (χ4v) is 2.72. The molecule has 0 bridgehead atoms. The zero-order valence-electron chi connectivity index (χ0n) is 9.16. The molecule has 1 rings (SSSR count). The highest BCUT2D eigenvalue weighted by atomic mass is 79.9. The third-order valence-electron chi connectivity index (χ3n) is 2.23. The van der Waals surface area contributed by atoms with Gasteiger partial charge >= 0.3 is 0 Å². The molecule has 0 aromatic carbocycles. The zero-order chi connectivity index (χ0) is 12.5. The summed E-state index contributed by atoms with van der Waals surface area (Å²) < 4.78 is 25.4. The van der Waals surface area contributed by atoms with Crippen molar-refractivity contribution in [2.75, 3.05) is 14.1 Å². The minimum atomic E-state index is -3.32. The maximum Gasteiger partial charge on any atom is 0.217 e. The first-order valence-electron chi connectivity index (χ1n) is 4.45. The van der Waals surface area contributed by atoms with Gasteiger partial charge in [-0.15, -0.1) is 0 Å². The van der Waals surface area contributed by atoms with Crippen molar-refractivity contribution in [1.29, 1.82) is 0 Å². The summed E-state index contributed by atoms with van der Waals surface area (Å²) in [7, 11) is -0.345. The average Bonchev–Trinajstić information content (AvgIpc) is 2.18.